The van der Waals surface area contributed by atoms with E-state index in [0.717, 1.165) is 5.56 Å². The summed E-state index contributed by atoms with van der Waals surface area (Å²) in [4.78, 5) is 10.3. The number of hydrogen-bond donors (Lipinski definition) is 1. The summed E-state index contributed by atoms with van der Waals surface area (Å²) in [5, 5.41) is 8.47. The summed E-state index contributed by atoms with van der Waals surface area (Å²) >= 11 is 0. The average Bonchev–Trinajstić information content (AvgIpc) is 2.05. The van der Waals surface area contributed by atoms with Crippen LogP contribution in [0.1, 0.15) is 17.8 Å². The van der Waals surface area contributed by atoms with E-state index in [1.54, 1.807) is 0 Å². The van der Waals surface area contributed by atoms with Crippen LogP contribution in [0.4, 0.5) is 0 Å². The van der Waals surface area contributed by atoms with Gasteiger partial charge in [0.1, 0.15) is 0 Å². The highest BCUT2D eigenvalue weighted by molar-refractivity contribution is 6.13. The SMILES string of the molecule is [B]C(CC(=O)O)c1ccccc1. The molecule has 0 bridgehead atoms. The van der Waals surface area contributed by atoms with Crippen molar-refractivity contribution < 1.29 is 9.90 Å². The van der Waals surface area contributed by atoms with Crippen LogP contribution < -0.4 is 0 Å². The summed E-state index contributed by atoms with van der Waals surface area (Å²) in [6.07, 6.45) is -0.0238. The molecule has 0 spiro atoms. The van der Waals surface area contributed by atoms with Gasteiger partial charge in [0, 0.05) is 6.42 Å². The van der Waals surface area contributed by atoms with E-state index in [-0.39, 0.29) is 6.42 Å². The fraction of sp³-hybridized carbons (Fsp3) is 0.222. The van der Waals surface area contributed by atoms with Crippen LogP contribution in [-0.2, 0) is 4.79 Å². The molecule has 1 unspecified atom stereocenters. The van der Waals surface area contributed by atoms with Crippen molar-refractivity contribution in [2.75, 3.05) is 0 Å². The molecule has 2 nitrogen and oxygen atoms in total. The van der Waals surface area contributed by atoms with Gasteiger partial charge in [0.15, 0.2) is 0 Å². The normalized spacial score (nSPS) is 12.3. The fourth-order valence-corrected chi connectivity index (χ4v) is 1.01. The van der Waals surface area contributed by atoms with Gasteiger partial charge in [0.05, 0.1) is 7.85 Å². The third-order valence-electron chi connectivity index (χ3n) is 1.62. The Balaban J connectivity index is 2.65. The molecule has 60 valence electrons. The van der Waals surface area contributed by atoms with E-state index >= 15 is 0 Å². The minimum absolute atomic E-state index is 0.0238. The number of carbonyl (C=O) groups is 1. The Labute approximate surface area is 72.6 Å². The monoisotopic (exact) mass is 160 g/mol. The third kappa shape index (κ3) is 2.42. The Morgan fingerprint density at radius 3 is 2.50 bits per heavy atom. The highest BCUT2D eigenvalue weighted by Crippen LogP contribution is 2.14. The van der Waals surface area contributed by atoms with E-state index in [9.17, 15) is 4.79 Å². The Bertz CT molecular complexity index is 258. The van der Waals surface area contributed by atoms with Gasteiger partial charge in [-0.2, -0.15) is 0 Å². The predicted molar refractivity (Wildman–Crippen MR) is 47.2 cm³/mol. The van der Waals surface area contributed by atoms with Crippen LogP contribution in [0.15, 0.2) is 30.3 Å². The maximum atomic E-state index is 10.3. The van der Waals surface area contributed by atoms with Crippen LogP contribution in [0, 0.1) is 0 Å². The lowest BCUT2D eigenvalue weighted by molar-refractivity contribution is -0.137. The first-order chi connectivity index (χ1) is 5.70. The average molecular weight is 160 g/mol. The number of aliphatic carboxylic acids is 1. The van der Waals surface area contributed by atoms with Gasteiger partial charge < -0.3 is 5.11 Å². The summed E-state index contributed by atoms with van der Waals surface area (Å²) in [5.41, 5.74) is 0.861. The smallest absolute Gasteiger partial charge is 0.303 e. The zero-order chi connectivity index (χ0) is 8.97. The van der Waals surface area contributed by atoms with E-state index < -0.39 is 11.8 Å². The molecule has 1 aromatic carbocycles. The molecule has 0 fully saturated rings. The molecule has 0 aliphatic heterocycles. The Hall–Kier alpha value is -1.25. The first-order valence-electron chi connectivity index (χ1n) is 3.72. The molecule has 1 rings (SSSR count). The van der Waals surface area contributed by atoms with Gasteiger partial charge in [0.25, 0.3) is 0 Å². The number of hydrogen-bond acceptors (Lipinski definition) is 1. The third-order valence-corrected chi connectivity index (χ3v) is 1.62. The molecule has 0 aromatic heterocycles. The lowest BCUT2D eigenvalue weighted by Crippen LogP contribution is -2.05. The molecule has 0 saturated carbocycles. The van der Waals surface area contributed by atoms with Crippen LogP contribution in [0.3, 0.4) is 0 Å². The maximum Gasteiger partial charge on any atom is 0.303 e. The minimum atomic E-state index is -0.869. The lowest BCUT2D eigenvalue weighted by atomic mass is 9.79. The summed E-state index contributed by atoms with van der Waals surface area (Å²) < 4.78 is 0. The van der Waals surface area contributed by atoms with Crippen molar-refractivity contribution in [2.24, 2.45) is 0 Å². The van der Waals surface area contributed by atoms with Gasteiger partial charge in [-0.25, -0.2) is 0 Å². The molecule has 2 radical (unpaired) electrons. The van der Waals surface area contributed by atoms with Crippen molar-refractivity contribution in [1.29, 1.82) is 0 Å². The molecule has 0 saturated heterocycles. The number of carboxylic acids is 1. The predicted octanol–water partition coefficient (Wildman–Crippen LogP) is 1.37. The molecule has 1 atom stereocenters. The second-order valence-corrected chi connectivity index (χ2v) is 2.62. The highest BCUT2D eigenvalue weighted by Gasteiger charge is 2.08. The standard InChI is InChI=1S/C9H9BO2/c10-8(6-9(11)12)7-4-2-1-3-5-7/h1-5,8H,6H2,(H,11,12). The molecule has 0 amide bonds. The van der Waals surface area contributed by atoms with Crippen LogP contribution in [-0.4, -0.2) is 18.9 Å². The number of rotatable bonds is 3. The molecule has 0 heterocycles. The van der Waals surface area contributed by atoms with Gasteiger partial charge in [-0.3, -0.25) is 4.79 Å². The zero-order valence-electron chi connectivity index (χ0n) is 6.60. The molecule has 0 aliphatic rings. The van der Waals surface area contributed by atoms with Crippen LogP contribution in [0.25, 0.3) is 0 Å². The minimum Gasteiger partial charge on any atom is -0.481 e. The van der Waals surface area contributed by atoms with E-state index in [0.29, 0.717) is 0 Å². The molecular weight excluding hydrogens is 151 g/mol. The van der Waals surface area contributed by atoms with Crippen molar-refractivity contribution in [3.63, 3.8) is 0 Å². The molecule has 12 heavy (non-hydrogen) atoms. The first-order valence-corrected chi connectivity index (χ1v) is 3.72. The summed E-state index contributed by atoms with van der Waals surface area (Å²) in [7, 11) is 5.62. The highest BCUT2D eigenvalue weighted by atomic mass is 16.4. The van der Waals surface area contributed by atoms with Crippen molar-refractivity contribution in [3.8, 4) is 0 Å². The second-order valence-electron chi connectivity index (χ2n) is 2.62. The van der Waals surface area contributed by atoms with Gasteiger partial charge in [-0.15, -0.1) is 0 Å². The summed E-state index contributed by atoms with van der Waals surface area (Å²) in [6.45, 7) is 0. The Morgan fingerprint density at radius 1 is 1.42 bits per heavy atom. The van der Waals surface area contributed by atoms with Crippen LogP contribution >= 0.6 is 0 Å². The second kappa shape index (κ2) is 3.95. The molecule has 3 heteroatoms. The topological polar surface area (TPSA) is 37.3 Å². The number of carboxylic acid groups (broad SMARTS) is 1. The summed E-state index contributed by atoms with van der Waals surface area (Å²) in [5.74, 6) is -1.27. The Morgan fingerprint density at radius 2 is 2.00 bits per heavy atom. The van der Waals surface area contributed by atoms with E-state index in [4.69, 9.17) is 13.0 Å². The maximum absolute atomic E-state index is 10.3. The largest absolute Gasteiger partial charge is 0.481 e. The van der Waals surface area contributed by atoms with E-state index in [2.05, 4.69) is 0 Å². The fourth-order valence-electron chi connectivity index (χ4n) is 1.01. The van der Waals surface area contributed by atoms with Gasteiger partial charge in [-0.1, -0.05) is 35.9 Å². The van der Waals surface area contributed by atoms with Gasteiger partial charge in [-0.05, 0) is 5.82 Å². The molecule has 0 aliphatic carbocycles. The molecular formula is C9H9BO2. The molecule has 1 aromatic rings. The van der Waals surface area contributed by atoms with Crippen molar-refractivity contribution in [2.45, 2.75) is 12.2 Å². The van der Waals surface area contributed by atoms with Crippen LogP contribution in [0.5, 0.6) is 0 Å². The van der Waals surface area contributed by atoms with Gasteiger partial charge in [0.2, 0.25) is 0 Å². The van der Waals surface area contributed by atoms with Crippen molar-refractivity contribution >= 4 is 13.8 Å². The van der Waals surface area contributed by atoms with Crippen LogP contribution in [0.2, 0.25) is 0 Å². The van der Waals surface area contributed by atoms with Crippen molar-refractivity contribution in [3.05, 3.63) is 35.9 Å². The van der Waals surface area contributed by atoms with Crippen molar-refractivity contribution in [1.82, 2.24) is 0 Å². The molecule has 1 N–H and O–H groups in total. The van der Waals surface area contributed by atoms with Gasteiger partial charge >= 0.3 is 5.97 Å². The summed E-state index contributed by atoms with van der Waals surface area (Å²) in [6, 6.07) is 9.21. The van der Waals surface area contributed by atoms with E-state index in [1.807, 2.05) is 30.3 Å². The first kappa shape index (κ1) is 8.85. The zero-order valence-corrected chi connectivity index (χ0v) is 6.60. The lowest BCUT2D eigenvalue weighted by Gasteiger charge is -2.07. The quantitative estimate of drug-likeness (QED) is 0.678. The number of benzene rings is 1. The van der Waals surface area contributed by atoms with E-state index in [1.165, 1.54) is 0 Å². The Kier molecular flexibility index (Phi) is 2.91.